The van der Waals surface area contributed by atoms with Crippen molar-refractivity contribution in [3.63, 3.8) is 0 Å². The van der Waals surface area contributed by atoms with Gasteiger partial charge in [-0.25, -0.2) is 4.98 Å². The molecular weight excluding hydrogens is 281 g/mol. The summed E-state index contributed by atoms with van der Waals surface area (Å²) >= 11 is 0. The molecule has 0 fully saturated rings. The van der Waals surface area contributed by atoms with Crippen LogP contribution in [0.1, 0.15) is 36.5 Å². The van der Waals surface area contributed by atoms with Crippen molar-refractivity contribution < 1.29 is 13.2 Å². The van der Waals surface area contributed by atoms with Gasteiger partial charge >= 0.3 is 6.18 Å². The normalized spacial score (nSPS) is 12.0. The van der Waals surface area contributed by atoms with Crippen molar-refractivity contribution in [2.24, 2.45) is 0 Å². The molecule has 0 radical (unpaired) electrons. The van der Waals surface area contributed by atoms with E-state index < -0.39 is 11.7 Å². The van der Waals surface area contributed by atoms with Crippen LogP contribution in [0.4, 0.5) is 13.2 Å². The molecule has 2 aromatic rings. The molecule has 21 heavy (non-hydrogen) atoms. The van der Waals surface area contributed by atoms with E-state index in [0.29, 0.717) is 22.4 Å². The van der Waals surface area contributed by atoms with Crippen molar-refractivity contribution in [1.82, 2.24) is 9.97 Å². The van der Waals surface area contributed by atoms with E-state index in [0.717, 1.165) is 12.1 Å². The molecular formula is C15H15F3N2O. The van der Waals surface area contributed by atoms with Gasteiger partial charge in [0.05, 0.1) is 17.6 Å². The number of nitrogens with one attached hydrogen (secondary N) is 1. The highest BCUT2D eigenvalue weighted by Crippen LogP contribution is 2.33. The summed E-state index contributed by atoms with van der Waals surface area (Å²) in [5.41, 5.74) is 0.900. The standard InChI is InChI=1S/C15H15F3N2O/c1-8(2)12-13(19-7-20-14(12)21)11-5-4-10(6-9(11)3)15(16,17)18/h4-8H,1-3H3,(H,19,20,21). The van der Waals surface area contributed by atoms with E-state index in [1.54, 1.807) is 6.92 Å². The van der Waals surface area contributed by atoms with E-state index in [-0.39, 0.29) is 11.5 Å². The molecule has 0 spiro atoms. The van der Waals surface area contributed by atoms with Crippen LogP contribution in [0.2, 0.25) is 0 Å². The Balaban J connectivity index is 2.64. The van der Waals surface area contributed by atoms with Crippen LogP contribution in [0.5, 0.6) is 0 Å². The average Bonchev–Trinajstić information content (AvgIpc) is 2.36. The minimum atomic E-state index is -4.38. The second kappa shape index (κ2) is 5.35. The molecule has 0 saturated heterocycles. The first-order chi connectivity index (χ1) is 9.71. The molecule has 0 aliphatic heterocycles. The van der Waals surface area contributed by atoms with Crippen LogP contribution in [0.15, 0.2) is 29.3 Å². The van der Waals surface area contributed by atoms with Gasteiger partial charge in [0.15, 0.2) is 0 Å². The van der Waals surface area contributed by atoms with E-state index in [9.17, 15) is 18.0 Å². The Morgan fingerprint density at radius 1 is 1.24 bits per heavy atom. The number of aryl methyl sites for hydroxylation is 1. The smallest absolute Gasteiger partial charge is 0.313 e. The topological polar surface area (TPSA) is 45.8 Å². The Bertz CT molecular complexity index is 718. The quantitative estimate of drug-likeness (QED) is 0.914. The lowest BCUT2D eigenvalue weighted by molar-refractivity contribution is -0.137. The lowest BCUT2D eigenvalue weighted by Gasteiger charge is -2.14. The van der Waals surface area contributed by atoms with Crippen molar-refractivity contribution in [3.05, 3.63) is 51.6 Å². The molecule has 0 aliphatic carbocycles. The summed E-state index contributed by atoms with van der Waals surface area (Å²) in [5, 5.41) is 0. The van der Waals surface area contributed by atoms with Gasteiger partial charge in [-0.15, -0.1) is 0 Å². The molecule has 0 saturated carbocycles. The number of rotatable bonds is 2. The Kier molecular flexibility index (Phi) is 3.89. The molecule has 1 aromatic heterocycles. The number of halogens is 3. The summed E-state index contributed by atoms with van der Waals surface area (Å²) < 4.78 is 38.1. The first-order valence-corrected chi connectivity index (χ1v) is 6.47. The Morgan fingerprint density at radius 2 is 1.90 bits per heavy atom. The van der Waals surface area contributed by atoms with Gasteiger partial charge in [-0.1, -0.05) is 19.9 Å². The van der Waals surface area contributed by atoms with Crippen LogP contribution >= 0.6 is 0 Å². The zero-order valence-corrected chi connectivity index (χ0v) is 11.9. The van der Waals surface area contributed by atoms with Gasteiger partial charge in [0.1, 0.15) is 0 Å². The van der Waals surface area contributed by atoms with Gasteiger partial charge in [0.25, 0.3) is 5.56 Å². The summed E-state index contributed by atoms with van der Waals surface area (Å²) in [4.78, 5) is 18.6. The van der Waals surface area contributed by atoms with Crippen LogP contribution in [0, 0.1) is 6.92 Å². The summed E-state index contributed by atoms with van der Waals surface area (Å²) in [5.74, 6) is -0.0841. The fraction of sp³-hybridized carbons (Fsp3) is 0.333. The molecule has 0 unspecified atom stereocenters. The summed E-state index contributed by atoms with van der Waals surface area (Å²) in [6.07, 6.45) is -3.12. The molecule has 2 rings (SSSR count). The summed E-state index contributed by atoms with van der Waals surface area (Å²) in [6.45, 7) is 5.27. The molecule has 0 amide bonds. The van der Waals surface area contributed by atoms with Gasteiger partial charge in [0, 0.05) is 11.1 Å². The molecule has 0 atom stereocenters. The molecule has 0 bridgehead atoms. The summed E-state index contributed by atoms with van der Waals surface area (Å²) in [6, 6.07) is 3.45. The van der Waals surface area contributed by atoms with Gasteiger partial charge in [0.2, 0.25) is 0 Å². The SMILES string of the molecule is Cc1cc(C(F)(F)F)ccc1-c1nc[nH]c(=O)c1C(C)C. The first kappa shape index (κ1) is 15.3. The molecule has 6 heteroatoms. The highest BCUT2D eigenvalue weighted by atomic mass is 19.4. The lowest BCUT2D eigenvalue weighted by atomic mass is 9.95. The van der Waals surface area contributed by atoms with Crippen LogP contribution in [-0.4, -0.2) is 9.97 Å². The molecule has 1 N–H and O–H groups in total. The number of aromatic amines is 1. The first-order valence-electron chi connectivity index (χ1n) is 6.47. The van der Waals surface area contributed by atoms with Crippen LogP contribution in [0.3, 0.4) is 0 Å². The number of benzene rings is 1. The third-order valence-corrected chi connectivity index (χ3v) is 3.28. The van der Waals surface area contributed by atoms with Gasteiger partial charge in [-0.2, -0.15) is 13.2 Å². The second-order valence-corrected chi connectivity index (χ2v) is 5.18. The predicted molar refractivity (Wildman–Crippen MR) is 74.1 cm³/mol. The maximum atomic E-state index is 12.7. The van der Waals surface area contributed by atoms with Crippen molar-refractivity contribution in [3.8, 4) is 11.3 Å². The van der Waals surface area contributed by atoms with E-state index in [1.165, 1.54) is 12.4 Å². The monoisotopic (exact) mass is 296 g/mol. The Labute approximate surface area is 119 Å². The summed E-state index contributed by atoms with van der Waals surface area (Å²) in [7, 11) is 0. The molecule has 112 valence electrons. The third-order valence-electron chi connectivity index (χ3n) is 3.28. The average molecular weight is 296 g/mol. The zero-order chi connectivity index (χ0) is 15.8. The number of aromatic nitrogens is 2. The van der Waals surface area contributed by atoms with Gasteiger partial charge < -0.3 is 4.98 Å². The fourth-order valence-corrected chi connectivity index (χ4v) is 2.27. The number of alkyl halides is 3. The van der Waals surface area contributed by atoms with Gasteiger partial charge in [-0.3, -0.25) is 4.79 Å². The van der Waals surface area contributed by atoms with E-state index in [4.69, 9.17) is 0 Å². The number of hydrogen-bond donors (Lipinski definition) is 1. The van der Waals surface area contributed by atoms with Crippen molar-refractivity contribution >= 4 is 0 Å². The van der Waals surface area contributed by atoms with Crippen molar-refractivity contribution in [2.45, 2.75) is 32.9 Å². The van der Waals surface area contributed by atoms with Gasteiger partial charge in [-0.05, 0) is 30.5 Å². The fourth-order valence-electron chi connectivity index (χ4n) is 2.27. The number of H-pyrrole nitrogens is 1. The molecule has 0 aliphatic rings. The molecule has 1 heterocycles. The zero-order valence-electron chi connectivity index (χ0n) is 11.9. The Hall–Kier alpha value is -2.11. The largest absolute Gasteiger partial charge is 0.416 e. The van der Waals surface area contributed by atoms with Crippen molar-refractivity contribution in [2.75, 3.05) is 0 Å². The minimum absolute atomic E-state index is 0.0841. The van der Waals surface area contributed by atoms with E-state index >= 15 is 0 Å². The minimum Gasteiger partial charge on any atom is -0.313 e. The van der Waals surface area contributed by atoms with E-state index in [1.807, 2.05) is 13.8 Å². The van der Waals surface area contributed by atoms with E-state index in [2.05, 4.69) is 9.97 Å². The maximum Gasteiger partial charge on any atom is 0.416 e. The highest BCUT2D eigenvalue weighted by molar-refractivity contribution is 5.67. The van der Waals surface area contributed by atoms with Crippen LogP contribution in [-0.2, 0) is 6.18 Å². The third kappa shape index (κ3) is 2.99. The molecule has 3 nitrogen and oxygen atoms in total. The number of hydrogen-bond acceptors (Lipinski definition) is 2. The highest BCUT2D eigenvalue weighted by Gasteiger charge is 2.31. The second-order valence-electron chi connectivity index (χ2n) is 5.18. The predicted octanol–water partition coefficient (Wildman–Crippen LogP) is 3.89. The maximum absolute atomic E-state index is 12.7. The van der Waals surface area contributed by atoms with Crippen LogP contribution in [0.25, 0.3) is 11.3 Å². The van der Waals surface area contributed by atoms with Crippen LogP contribution < -0.4 is 5.56 Å². The number of nitrogens with zero attached hydrogens (tertiary/aromatic N) is 1. The lowest BCUT2D eigenvalue weighted by Crippen LogP contribution is -2.16. The van der Waals surface area contributed by atoms with Crippen molar-refractivity contribution in [1.29, 1.82) is 0 Å². The molecule has 1 aromatic carbocycles. The Morgan fingerprint density at radius 3 is 2.43 bits per heavy atom.